The molecule has 0 bridgehead atoms. The standard InChI is InChI=1S/C15H28N4/c1-3-4-5-10-19(2)11-6-9-18-15-8-7-13(16)12-14(15)17/h7-8,12,18H,3-6,9-11,16-17H2,1-2H3. The van der Waals surface area contributed by atoms with Gasteiger partial charge >= 0.3 is 0 Å². The second-order valence-electron chi connectivity index (χ2n) is 5.14. The van der Waals surface area contributed by atoms with Crippen LogP contribution in [0.3, 0.4) is 0 Å². The quantitative estimate of drug-likeness (QED) is 0.474. The molecule has 0 aliphatic heterocycles. The van der Waals surface area contributed by atoms with Gasteiger partial charge in [-0.15, -0.1) is 0 Å². The van der Waals surface area contributed by atoms with E-state index in [4.69, 9.17) is 11.5 Å². The molecule has 0 aliphatic rings. The van der Waals surface area contributed by atoms with E-state index < -0.39 is 0 Å². The number of rotatable bonds is 9. The Kier molecular flexibility index (Phi) is 7.11. The lowest BCUT2D eigenvalue weighted by molar-refractivity contribution is 0.324. The molecule has 1 aromatic carbocycles. The molecule has 0 saturated carbocycles. The van der Waals surface area contributed by atoms with Crippen molar-refractivity contribution < 1.29 is 0 Å². The van der Waals surface area contributed by atoms with Crippen LogP contribution in [0.2, 0.25) is 0 Å². The first-order valence-electron chi connectivity index (χ1n) is 7.21. The first-order valence-corrected chi connectivity index (χ1v) is 7.21. The number of anilines is 3. The SMILES string of the molecule is CCCCCN(C)CCCNc1ccc(N)cc1N. The Balaban J connectivity index is 2.16. The fourth-order valence-electron chi connectivity index (χ4n) is 2.06. The number of nitrogens with one attached hydrogen (secondary N) is 1. The van der Waals surface area contributed by atoms with Crippen molar-refractivity contribution in [3.8, 4) is 0 Å². The van der Waals surface area contributed by atoms with Crippen molar-refractivity contribution in [2.24, 2.45) is 0 Å². The Labute approximate surface area is 117 Å². The Morgan fingerprint density at radius 2 is 1.84 bits per heavy atom. The Morgan fingerprint density at radius 3 is 2.53 bits per heavy atom. The Morgan fingerprint density at radius 1 is 1.11 bits per heavy atom. The van der Waals surface area contributed by atoms with Gasteiger partial charge in [-0.2, -0.15) is 0 Å². The van der Waals surface area contributed by atoms with E-state index in [0.717, 1.165) is 30.9 Å². The van der Waals surface area contributed by atoms with Gasteiger partial charge in [0.2, 0.25) is 0 Å². The summed E-state index contributed by atoms with van der Waals surface area (Å²) >= 11 is 0. The lowest BCUT2D eigenvalue weighted by Gasteiger charge is -2.17. The van der Waals surface area contributed by atoms with Gasteiger partial charge < -0.3 is 21.7 Å². The van der Waals surface area contributed by atoms with Crippen LogP contribution in [0, 0.1) is 0 Å². The molecule has 0 aromatic heterocycles. The summed E-state index contributed by atoms with van der Waals surface area (Å²) in [6.07, 6.45) is 5.02. The maximum Gasteiger partial charge on any atom is 0.0575 e. The van der Waals surface area contributed by atoms with Crippen LogP contribution in [0.5, 0.6) is 0 Å². The molecule has 0 unspecified atom stereocenters. The van der Waals surface area contributed by atoms with Crippen LogP contribution in [0.1, 0.15) is 32.6 Å². The summed E-state index contributed by atoms with van der Waals surface area (Å²) < 4.78 is 0. The number of nitrogen functional groups attached to an aromatic ring is 2. The van der Waals surface area contributed by atoms with Crippen LogP contribution in [-0.2, 0) is 0 Å². The summed E-state index contributed by atoms with van der Waals surface area (Å²) in [7, 11) is 2.19. The minimum atomic E-state index is 0.707. The minimum Gasteiger partial charge on any atom is -0.399 e. The molecule has 0 heterocycles. The maximum absolute atomic E-state index is 5.89. The first-order chi connectivity index (χ1) is 9.13. The van der Waals surface area contributed by atoms with E-state index in [0.29, 0.717) is 5.69 Å². The average molecular weight is 264 g/mol. The lowest BCUT2D eigenvalue weighted by atomic mass is 10.2. The predicted molar refractivity (Wildman–Crippen MR) is 85.4 cm³/mol. The van der Waals surface area contributed by atoms with Gasteiger partial charge in [0.25, 0.3) is 0 Å². The van der Waals surface area contributed by atoms with E-state index >= 15 is 0 Å². The van der Waals surface area contributed by atoms with Crippen molar-refractivity contribution in [1.29, 1.82) is 0 Å². The Hall–Kier alpha value is -1.42. The molecule has 0 spiro atoms. The summed E-state index contributed by atoms with van der Waals surface area (Å²) in [4.78, 5) is 2.39. The third-order valence-electron chi connectivity index (χ3n) is 3.25. The number of hydrogen-bond acceptors (Lipinski definition) is 4. The molecular weight excluding hydrogens is 236 g/mol. The molecule has 0 radical (unpaired) electrons. The molecule has 0 fully saturated rings. The molecule has 1 aromatic rings. The fraction of sp³-hybridized carbons (Fsp3) is 0.600. The monoisotopic (exact) mass is 264 g/mol. The highest BCUT2D eigenvalue weighted by atomic mass is 15.1. The summed E-state index contributed by atoms with van der Waals surface area (Å²) in [6.45, 7) is 5.48. The third kappa shape index (κ3) is 6.34. The molecular formula is C15H28N4. The molecule has 108 valence electrons. The number of unbranched alkanes of at least 4 members (excludes halogenated alkanes) is 2. The fourth-order valence-corrected chi connectivity index (χ4v) is 2.06. The van der Waals surface area contributed by atoms with E-state index in [1.54, 1.807) is 6.07 Å². The highest BCUT2D eigenvalue weighted by Crippen LogP contribution is 2.20. The highest BCUT2D eigenvalue weighted by Gasteiger charge is 2.00. The zero-order valence-corrected chi connectivity index (χ0v) is 12.3. The average Bonchev–Trinajstić information content (AvgIpc) is 2.37. The topological polar surface area (TPSA) is 67.3 Å². The van der Waals surface area contributed by atoms with E-state index in [1.165, 1.54) is 25.8 Å². The molecule has 0 saturated heterocycles. The molecule has 4 nitrogen and oxygen atoms in total. The Bertz CT molecular complexity index is 365. The van der Waals surface area contributed by atoms with Crippen LogP contribution >= 0.6 is 0 Å². The zero-order valence-electron chi connectivity index (χ0n) is 12.3. The van der Waals surface area contributed by atoms with E-state index in [9.17, 15) is 0 Å². The van der Waals surface area contributed by atoms with Crippen LogP contribution in [0.25, 0.3) is 0 Å². The maximum atomic E-state index is 5.89. The van der Waals surface area contributed by atoms with Gasteiger partial charge in [-0.05, 0) is 51.2 Å². The molecule has 0 amide bonds. The normalized spacial score (nSPS) is 10.9. The third-order valence-corrected chi connectivity index (χ3v) is 3.25. The number of nitrogens with two attached hydrogens (primary N) is 2. The summed E-state index contributed by atoms with van der Waals surface area (Å²) in [5.74, 6) is 0. The summed E-state index contributed by atoms with van der Waals surface area (Å²) in [6, 6.07) is 5.60. The smallest absolute Gasteiger partial charge is 0.0575 e. The van der Waals surface area contributed by atoms with Gasteiger partial charge in [0, 0.05) is 12.2 Å². The van der Waals surface area contributed by atoms with Crippen molar-refractivity contribution in [2.45, 2.75) is 32.6 Å². The number of nitrogens with zero attached hydrogens (tertiary/aromatic N) is 1. The van der Waals surface area contributed by atoms with Gasteiger partial charge in [0.15, 0.2) is 0 Å². The van der Waals surface area contributed by atoms with Crippen molar-refractivity contribution in [3.05, 3.63) is 18.2 Å². The number of hydrogen-bond donors (Lipinski definition) is 3. The van der Waals surface area contributed by atoms with Crippen molar-refractivity contribution in [2.75, 3.05) is 43.5 Å². The van der Waals surface area contributed by atoms with Gasteiger partial charge in [0.05, 0.1) is 11.4 Å². The zero-order chi connectivity index (χ0) is 14.1. The lowest BCUT2D eigenvalue weighted by Crippen LogP contribution is -2.22. The first kappa shape index (κ1) is 15.6. The van der Waals surface area contributed by atoms with Crippen molar-refractivity contribution >= 4 is 17.1 Å². The number of benzene rings is 1. The molecule has 4 heteroatoms. The van der Waals surface area contributed by atoms with Crippen LogP contribution < -0.4 is 16.8 Å². The van der Waals surface area contributed by atoms with Gasteiger partial charge in [0.1, 0.15) is 0 Å². The molecule has 0 atom stereocenters. The second-order valence-corrected chi connectivity index (χ2v) is 5.14. The largest absolute Gasteiger partial charge is 0.399 e. The van der Waals surface area contributed by atoms with E-state index in [2.05, 4.69) is 24.2 Å². The molecule has 1 rings (SSSR count). The van der Waals surface area contributed by atoms with Gasteiger partial charge in [-0.3, -0.25) is 0 Å². The van der Waals surface area contributed by atoms with Crippen LogP contribution in [0.4, 0.5) is 17.1 Å². The van der Waals surface area contributed by atoms with Gasteiger partial charge in [-0.1, -0.05) is 19.8 Å². The summed E-state index contributed by atoms with van der Waals surface area (Å²) in [5, 5.41) is 3.36. The van der Waals surface area contributed by atoms with Gasteiger partial charge in [-0.25, -0.2) is 0 Å². The van der Waals surface area contributed by atoms with E-state index in [1.807, 2.05) is 12.1 Å². The van der Waals surface area contributed by atoms with E-state index in [-0.39, 0.29) is 0 Å². The van der Waals surface area contributed by atoms with Crippen LogP contribution in [-0.4, -0.2) is 31.6 Å². The second kappa shape index (κ2) is 8.64. The molecule has 5 N–H and O–H groups in total. The molecule has 0 aliphatic carbocycles. The van der Waals surface area contributed by atoms with Crippen molar-refractivity contribution in [3.63, 3.8) is 0 Å². The minimum absolute atomic E-state index is 0.707. The molecule has 19 heavy (non-hydrogen) atoms. The summed E-state index contributed by atoms with van der Waals surface area (Å²) in [5.41, 5.74) is 14.0. The highest BCUT2D eigenvalue weighted by molar-refractivity contribution is 5.70. The van der Waals surface area contributed by atoms with Crippen LogP contribution in [0.15, 0.2) is 18.2 Å². The van der Waals surface area contributed by atoms with Crippen molar-refractivity contribution in [1.82, 2.24) is 4.90 Å². The predicted octanol–water partition coefficient (Wildman–Crippen LogP) is 2.78.